The second kappa shape index (κ2) is 7.46. The van der Waals surface area contributed by atoms with Crippen molar-refractivity contribution in [2.75, 3.05) is 20.1 Å². The van der Waals surface area contributed by atoms with Crippen molar-refractivity contribution in [3.05, 3.63) is 0 Å². The maximum absolute atomic E-state index is 13.3. The van der Waals surface area contributed by atoms with Crippen molar-refractivity contribution < 1.29 is 19.5 Å². The summed E-state index contributed by atoms with van der Waals surface area (Å²) in [5, 5.41) is 13.1. The highest BCUT2D eigenvalue weighted by molar-refractivity contribution is 5.92. The van der Waals surface area contributed by atoms with Crippen LogP contribution in [0.5, 0.6) is 0 Å². The highest BCUT2D eigenvalue weighted by atomic mass is 16.4. The molecule has 5 fully saturated rings. The minimum Gasteiger partial charge on any atom is -0.479 e. The largest absolute Gasteiger partial charge is 0.479 e. The van der Waals surface area contributed by atoms with Crippen LogP contribution in [0, 0.1) is 11.8 Å². The molecule has 9 nitrogen and oxygen atoms in total. The summed E-state index contributed by atoms with van der Waals surface area (Å²) in [4.78, 5) is 41.4. The molecule has 0 radical (unpaired) electrons. The van der Waals surface area contributed by atoms with Gasteiger partial charge in [0.1, 0.15) is 11.6 Å². The second-order valence-corrected chi connectivity index (χ2v) is 9.95. The Labute approximate surface area is 176 Å². The number of nitrogens with one attached hydrogen (secondary N) is 3. The van der Waals surface area contributed by atoms with Crippen molar-refractivity contribution in [3.8, 4) is 0 Å². The molecule has 0 aromatic rings. The molecule has 30 heavy (non-hydrogen) atoms. The Bertz CT molecular complexity index is 727. The number of hydrogen-bond acceptors (Lipinski definition) is 6. The SMILES string of the molecule is CN(C(=O)C1NNC2CCN(C(=O)C3CC4CCCCC4N3)CC21)C1(C(=O)O)CC1. The molecule has 5 rings (SSSR count). The molecule has 0 aromatic carbocycles. The minimum atomic E-state index is -1.05. The summed E-state index contributed by atoms with van der Waals surface area (Å²) in [5.41, 5.74) is 5.27. The second-order valence-electron chi connectivity index (χ2n) is 9.95. The number of likely N-dealkylation sites (tertiary alicyclic amines) is 1. The molecule has 166 valence electrons. The number of nitrogens with zero attached hydrogens (tertiary/aromatic N) is 2. The number of piperidine rings is 1. The van der Waals surface area contributed by atoms with Gasteiger partial charge in [0.15, 0.2) is 0 Å². The Morgan fingerprint density at radius 2 is 1.83 bits per heavy atom. The van der Waals surface area contributed by atoms with E-state index in [0.29, 0.717) is 37.9 Å². The van der Waals surface area contributed by atoms with Gasteiger partial charge in [-0.3, -0.25) is 15.0 Å². The molecule has 0 aromatic heterocycles. The lowest BCUT2D eigenvalue weighted by atomic mass is 9.84. The number of rotatable bonds is 4. The fraction of sp³-hybridized carbons (Fsp3) is 0.857. The van der Waals surface area contributed by atoms with Crippen molar-refractivity contribution in [2.24, 2.45) is 11.8 Å². The topological polar surface area (TPSA) is 114 Å². The van der Waals surface area contributed by atoms with Crippen LogP contribution >= 0.6 is 0 Å². The first-order chi connectivity index (χ1) is 14.4. The quantitative estimate of drug-likeness (QED) is 0.494. The van der Waals surface area contributed by atoms with Gasteiger partial charge in [0.05, 0.1) is 6.04 Å². The van der Waals surface area contributed by atoms with Crippen LogP contribution in [0.4, 0.5) is 0 Å². The molecular formula is C21H33N5O4. The first-order valence-corrected chi connectivity index (χ1v) is 11.5. The lowest BCUT2D eigenvalue weighted by Gasteiger charge is -2.38. The summed E-state index contributed by atoms with van der Waals surface area (Å²) >= 11 is 0. The number of hydrogen-bond donors (Lipinski definition) is 4. The molecule has 2 aliphatic carbocycles. The molecule has 3 aliphatic heterocycles. The van der Waals surface area contributed by atoms with E-state index in [9.17, 15) is 19.5 Å². The molecule has 3 heterocycles. The zero-order valence-corrected chi connectivity index (χ0v) is 17.6. The summed E-state index contributed by atoms with van der Waals surface area (Å²) < 4.78 is 0. The summed E-state index contributed by atoms with van der Waals surface area (Å²) in [7, 11) is 1.59. The fourth-order valence-corrected chi connectivity index (χ4v) is 6.21. The van der Waals surface area contributed by atoms with E-state index < -0.39 is 17.6 Å². The van der Waals surface area contributed by atoms with E-state index in [1.54, 1.807) is 7.05 Å². The van der Waals surface area contributed by atoms with E-state index in [0.717, 1.165) is 12.8 Å². The Morgan fingerprint density at radius 1 is 1.07 bits per heavy atom. The van der Waals surface area contributed by atoms with Gasteiger partial charge >= 0.3 is 5.97 Å². The molecule has 0 bridgehead atoms. The molecule has 4 N–H and O–H groups in total. The average Bonchev–Trinajstić information content (AvgIpc) is 3.29. The van der Waals surface area contributed by atoms with E-state index >= 15 is 0 Å². The normalized spacial score (nSPS) is 39.2. The fourth-order valence-electron chi connectivity index (χ4n) is 6.21. The number of amides is 2. The number of hydrazine groups is 1. The molecule has 0 spiro atoms. The summed E-state index contributed by atoms with van der Waals surface area (Å²) in [6.45, 7) is 1.22. The van der Waals surface area contributed by atoms with Gasteiger partial charge in [0.25, 0.3) is 0 Å². The third-order valence-corrected chi connectivity index (χ3v) is 8.34. The number of carbonyl (C=O) groups excluding carboxylic acids is 2. The van der Waals surface area contributed by atoms with Crippen LogP contribution in [0.15, 0.2) is 0 Å². The predicted molar refractivity (Wildman–Crippen MR) is 108 cm³/mol. The third kappa shape index (κ3) is 3.22. The predicted octanol–water partition coefficient (Wildman–Crippen LogP) is -0.324. The molecule has 6 unspecified atom stereocenters. The van der Waals surface area contributed by atoms with E-state index in [-0.39, 0.29) is 29.8 Å². The lowest BCUT2D eigenvalue weighted by Crippen LogP contribution is -2.57. The van der Waals surface area contributed by atoms with Gasteiger partial charge < -0.3 is 20.2 Å². The summed E-state index contributed by atoms with van der Waals surface area (Å²) in [5.74, 6) is -0.400. The van der Waals surface area contributed by atoms with E-state index in [2.05, 4.69) is 16.2 Å². The van der Waals surface area contributed by atoms with Gasteiger partial charge in [-0.2, -0.15) is 0 Å². The molecule has 3 saturated heterocycles. The zero-order valence-electron chi connectivity index (χ0n) is 17.6. The first kappa shape index (κ1) is 20.2. The van der Waals surface area contributed by atoms with Crippen molar-refractivity contribution in [3.63, 3.8) is 0 Å². The molecular weight excluding hydrogens is 386 g/mol. The highest BCUT2D eigenvalue weighted by Crippen LogP contribution is 2.42. The number of fused-ring (bicyclic) bond motifs is 2. The smallest absolute Gasteiger partial charge is 0.329 e. The average molecular weight is 420 g/mol. The maximum atomic E-state index is 13.3. The van der Waals surface area contributed by atoms with Crippen LogP contribution in [0.2, 0.25) is 0 Å². The highest BCUT2D eigenvalue weighted by Gasteiger charge is 2.58. The molecule has 2 saturated carbocycles. The third-order valence-electron chi connectivity index (χ3n) is 8.34. The molecule has 2 amide bonds. The summed E-state index contributed by atoms with van der Waals surface area (Å²) in [6.07, 6.45) is 7.61. The Hall–Kier alpha value is -1.71. The Balaban J connectivity index is 1.24. The van der Waals surface area contributed by atoms with Gasteiger partial charge in [-0.1, -0.05) is 12.8 Å². The Kier molecular flexibility index (Phi) is 5.02. The summed E-state index contributed by atoms with van der Waals surface area (Å²) in [6, 6.07) is -0.00800. The van der Waals surface area contributed by atoms with Crippen molar-refractivity contribution in [2.45, 2.75) is 81.1 Å². The maximum Gasteiger partial charge on any atom is 0.329 e. The van der Waals surface area contributed by atoms with Crippen LogP contribution < -0.4 is 16.2 Å². The van der Waals surface area contributed by atoms with Gasteiger partial charge in [0.2, 0.25) is 11.8 Å². The standard InChI is InChI=1S/C21H33N5O4/c1-25(21(7-8-21)20(29)30)19(28)17-13-11-26(9-6-15(13)23-24-17)18(27)16-10-12-4-2-3-5-14(12)22-16/h12-17,22-24H,2-11H2,1H3,(H,29,30). The van der Waals surface area contributed by atoms with Gasteiger partial charge in [-0.15, -0.1) is 0 Å². The minimum absolute atomic E-state index is 0.0501. The van der Waals surface area contributed by atoms with Crippen molar-refractivity contribution in [1.82, 2.24) is 26.0 Å². The number of likely N-dealkylation sites (N-methyl/N-ethyl adjacent to an activating group) is 1. The number of carbonyl (C=O) groups is 3. The van der Waals surface area contributed by atoms with E-state index in [4.69, 9.17) is 0 Å². The Morgan fingerprint density at radius 3 is 2.53 bits per heavy atom. The van der Waals surface area contributed by atoms with Crippen LogP contribution in [0.25, 0.3) is 0 Å². The number of aliphatic carboxylic acids is 1. The lowest BCUT2D eigenvalue weighted by molar-refractivity contribution is -0.152. The van der Waals surface area contributed by atoms with Gasteiger partial charge in [-0.05, 0) is 44.4 Å². The van der Waals surface area contributed by atoms with Gasteiger partial charge in [0, 0.05) is 38.1 Å². The number of carboxylic acids is 1. The zero-order chi connectivity index (χ0) is 21.0. The molecule has 6 atom stereocenters. The van der Waals surface area contributed by atoms with Crippen LogP contribution in [-0.4, -0.2) is 82.5 Å². The van der Waals surface area contributed by atoms with Crippen LogP contribution in [0.3, 0.4) is 0 Å². The van der Waals surface area contributed by atoms with Crippen LogP contribution in [-0.2, 0) is 14.4 Å². The van der Waals surface area contributed by atoms with Crippen LogP contribution in [0.1, 0.15) is 51.4 Å². The monoisotopic (exact) mass is 419 g/mol. The van der Waals surface area contributed by atoms with E-state index in [1.165, 1.54) is 30.6 Å². The van der Waals surface area contributed by atoms with E-state index in [1.807, 2.05) is 4.90 Å². The van der Waals surface area contributed by atoms with Crippen molar-refractivity contribution in [1.29, 1.82) is 0 Å². The number of carboxylic acid groups (broad SMARTS) is 1. The van der Waals surface area contributed by atoms with Gasteiger partial charge in [-0.25, -0.2) is 10.2 Å². The van der Waals surface area contributed by atoms with Crippen molar-refractivity contribution >= 4 is 17.8 Å². The first-order valence-electron chi connectivity index (χ1n) is 11.5. The molecule has 9 heteroatoms. The molecule has 5 aliphatic rings.